The van der Waals surface area contributed by atoms with E-state index in [4.69, 9.17) is 5.73 Å². The van der Waals surface area contributed by atoms with Crippen LogP contribution in [0, 0.1) is 0 Å². The Kier molecular flexibility index (Phi) is 2.83. The van der Waals surface area contributed by atoms with Gasteiger partial charge in [-0.05, 0) is 24.3 Å². The normalized spacial score (nSPS) is 10.7. The molecule has 0 spiro atoms. The third kappa shape index (κ3) is 1.97. The van der Waals surface area contributed by atoms with Crippen LogP contribution in [0.25, 0.3) is 16.7 Å². The molecule has 6 nitrogen and oxygen atoms in total. The molecule has 6 heteroatoms. The molecule has 1 amide bonds. The van der Waals surface area contributed by atoms with Gasteiger partial charge in [0.05, 0.1) is 17.9 Å². The number of carbonyl (C=O) groups excluding carboxylic acids is 1. The molecule has 0 aliphatic carbocycles. The molecular weight excluding hydrogens is 254 g/mol. The van der Waals surface area contributed by atoms with Gasteiger partial charge >= 0.3 is 0 Å². The van der Waals surface area contributed by atoms with Crippen molar-refractivity contribution in [3.05, 3.63) is 48.5 Å². The zero-order chi connectivity index (χ0) is 14.1. The van der Waals surface area contributed by atoms with E-state index < -0.39 is 0 Å². The number of nitrogens with zero attached hydrogens (tertiary/aromatic N) is 3. The number of nitrogens with one attached hydrogen (secondary N) is 1. The first-order valence-corrected chi connectivity index (χ1v) is 6.10. The van der Waals surface area contributed by atoms with Gasteiger partial charge in [0.25, 0.3) is 5.91 Å². The summed E-state index contributed by atoms with van der Waals surface area (Å²) in [5.41, 5.74) is 7.75. The van der Waals surface area contributed by atoms with E-state index in [-0.39, 0.29) is 11.6 Å². The third-order valence-electron chi connectivity index (χ3n) is 3.06. The molecule has 0 unspecified atom stereocenters. The lowest BCUT2D eigenvalue weighted by Crippen LogP contribution is -2.19. The lowest BCUT2D eigenvalue weighted by Gasteiger charge is -2.05. The Morgan fingerprint density at radius 3 is 2.80 bits per heavy atom. The summed E-state index contributed by atoms with van der Waals surface area (Å²) in [4.78, 5) is 19.8. The van der Waals surface area contributed by atoms with Crippen LogP contribution in [0.5, 0.6) is 0 Å². The second kappa shape index (κ2) is 4.65. The number of hydrogen-bond donors (Lipinski definition) is 2. The summed E-state index contributed by atoms with van der Waals surface area (Å²) in [6.07, 6.45) is 4.92. The van der Waals surface area contributed by atoms with Crippen molar-refractivity contribution in [2.45, 2.75) is 0 Å². The summed E-state index contributed by atoms with van der Waals surface area (Å²) in [6.45, 7) is 0. The first-order chi connectivity index (χ1) is 9.69. The Labute approximate surface area is 115 Å². The van der Waals surface area contributed by atoms with Crippen LogP contribution in [0.15, 0.2) is 42.9 Å². The molecule has 2 heterocycles. The van der Waals surface area contributed by atoms with Gasteiger partial charge in [-0.25, -0.2) is 9.97 Å². The smallest absolute Gasteiger partial charge is 0.271 e. The van der Waals surface area contributed by atoms with Gasteiger partial charge in [0.1, 0.15) is 5.69 Å². The average molecular weight is 267 g/mol. The quantitative estimate of drug-likeness (QED) is 0.686. The predicted octanol–water partition coefficient (Wildman–Crippen LogP) is 1.36. The van der Waals surface area contributed by atoms with Crippen molar-refractivity contribution in [2.24, 2.45) is 0 Å². The highest BCUT2D eigenvalue weighted by atomic mass is 16.1. The second-order valence-corrected chi connectivity index (χ2v) is 4.34. The molecule has 3 N–H and O–H groups in total. The van der Waals surface area contributed by atoms with Crippen molar-refractivity contribution in [2.75, 3.05) is 12.8 Å². The molecule has 0 radical (unpaired) electrons. The van der Waals surface area contributed by atoms with Gasteiger partial charge in [-0.3, -0.25) is 9.36 Å². The van der Waals surface area contributed by atoms with Crippen molar-refractivity contribution < 1.29 is 4.79 Å². The zero-order valence-corrected chi connectivity index (χ0v) is 10.9. The first kappa shape index (κ1) is 12.2. The lowest BCUT2D eigenvalue weighted by atomic mass is 10.2. The van der Waals surface area contributed by atoms with Crippen LogP contribution in [-0.4, -0.2) is 27.5 Å². The Bertz CT molecular complexity index is 776. The number of carbonyl (C=O) groups is 1. The van der Waals surface area contributed by atoms with Crippen molar-refractivity contribution in [3.8, 4) is 5.82 Å². The van der Waals surface area contributed by atoms with Crippen molar-refractivity contribution in [3.63, 3.8) is 0 Å². The Hall–Kier alpha value is -2.89. The maximum absolute atomic E-state index is 11.4. The molecule has 3 aromatic rings. The fourth-order valence-electron chi connectivity index (χ4n) is 2.05. The van der Waals surface area contributed by atoms with Gasteiger partial charge in [0, 0.05) is 24.3 Å². The SMILES string of the molecule is CNC(=O)c1cnc(-n2ccc3cc(N)ccc32)cn1. The second-order valence-electron chi connectivity index (χ2n) is 4.34. The largest absolute Gasteiger partial charge is 0.399 e. The van der Waals surface area contributed by atoms with E-state index >= 15 is 0 Å². The van der Waals surface area contributed by atoms with Gasteiger partial charge < -0.3 is 11.1 Å². The van der Waals surface area contributed by atoms with Crippen LogP contribution in [-0.2, 0) is 0 Å². The van der Waals surface area contributed by atoms with E-state index in [9.17, 15) is 4.79 Å². The molecular formula is C14H13N5O. The number of nitrogens with two attached hydrogens (primary N) is 1. The predicted molar refractivity (Wildman–Crippen MR) is 76.7 cm³/mol. The number of benzene rings is 1. The van der Waals surface area contributed by atoms with Crippen LogP contribution in [0.4, 0.5) is 5.69 Å². The van der Waals surface area contributed by atoms with Crippen LogP contribution in [0.3, 0.4) is 0 Å². The summed E-state index contributed by atoms with van der Waals surface area (Å²) < 4.78 is 1.90. The Morgan fingerprint density at radius 1 is 1.25 bits per heavy atom. The van der Waals surface area contributed by atoms with E-state index in [1.54, 1.807) is 13.2 Å². The fourth-order valence-corrected chi connectivity index (χ4v) is 2.05. The molecule has 2 aromatic heterocycles. The summed E-state index contributed by atoms with van der Waals surface area (Å²) in [5, 5.41) is 3.54. The standard InChI is InChI=1S/C14H13N5O/c1-16-14(20)11-7-18-13(8-17-11)19-5-4-9-6-10(15)2-3-12(9)19/h2-8H,15H2,1H3,(H,16,20). The highest BCUT2D eigenvalue weighted by Crippen LogP contribution is 2.21. The fraction of sp³-hybridized carbons (Fsp3) is 0.0714. The summed E-state index contributed by atoms with van der Waals surface area (Å²) in [7, 11) is 1.56. The van der Waals surface area contributed by atoms with Crippen LogP contribution in [0.2, 0.25) is 0 Å². The molecule has 0 aliphatic rings. The molecule has 1 aromatic carbocycles. The number of anilines is 1. The molecule has 0 fully saturated rings. The zero-order valence-electron chi connectivity index (χ0n) is 10.9. The van der Waals surface area contributed by atoms with Gasteiger partial charge in [0.15, 0.2) is 5.82 Å². The molecule has 0 saturated heterocycles. The number of aromatic nitrogens is 3. The maximum Gasteiger partial charge on any atom is 0.271 e. The van der Waals surface area contributed by atoms with Crippen LogP contribution >= 0.6 is 0 Å². The van der Waals surface area contributed by atoms with Gasteiger partial charge in [-0.2, -0.15) is 0 Å². The molecule has 0 aliphatic heterocycles. The van der Waals surface area contributed by atoms with Gasteiger partial charge in [-0.1, -0.05) is 0 Å². The number of fused-ring (bicyclic) bond motifs is 1. The molecule has 100 valence electrons. The summed E-state index contributed by atoms with van der Waals surface area (Å²) in [5.74, 6) is 0.395. The van der Waals surface area contributed by atoms with Crippen molar-refractivity contribution >= 4 is 22.5 Å². The van der Waals surface area contributed by atoms with Gasteiger partial charge in [0.2, 0.25) is 0 Å². The Balaban J connectivity index is 2.05. The average Bonchev–Trinajstić information content (AvgIpc) is 2.89. The summed E-state index contributed by atoms with van der Waals surface area (Å²) >= 11 is 0. The van der Waals surface area contributed by atoms with Crippen molar-refractivity contribution in [1.82, 2.24) is 19.9 Å². The number of rotatable bonds is 2. The number of nitrogen functional groups attached to an aromatic ring is 1. The van der Waals surface area contributed by atoms with E-state index in [0.29, 0.717) is 5.82 Å². The molecule has 20 heavy (non-hydrogen) atoms. The minimum absolute atomic E-state index is 0.255. The first-order valence-electron chi connectivity index (χ1n) is 6.10. The van der Waals surface area contributed by atoms with E-state index in [1.165, 1.54) is 6.20 Å². The minimum Gasteiger partial charge on any atom is -0.399 e. The molecule has 0 saturated carbocycles. The van der Waals surface area contributed by atoms with Crippen LogP contribution < -0.4 is 11.1 Å². The highest BCUT2D eigenvalue weighted by Gasteiger charge is 2.08. The molecule has 3 rings (SSSR count). The maximum atomic E-state index is 11.4. The van der Waals surface area contributed by atoms with Crippen molar-refractivity contribution in [1.29, 1.82) is 0 Å². The molecule has 0 bridgehead atoms. The third-order valence-corrected chi connectivity index (χ3v) is 3.06. The summed E-state index contributed by atoms with van der Waals surface area (Å²) in [6, 6.07) is 7.63. The minimum atomic E-state index is -0.255. The number of hydrogen-bond acceptors (Lipinski definition) is 4. The van der Waals surface area contributed by atoms with E-state index in [0.717, 1.165) is 16.6 Å². The monoisotopic (exact) mass is 267 g/mol. The van der Waals surface area contributed by atoms with E-state index in [2.05, 4.69) is 15.3 Å². The topological polar surface area (TPSA) is 85.8 Å². The van der Waals surface area contributed by atoms with Crippen LogP contribution in [0.1, 0.15) is 10.5 Å². The number of amides is 1. The van der Waals surface area contributed by atoms with E-state index in [1.807, 2.05) is 35.0 Å². The molecule has 0 atom stereocenters. The lowest BCUT2D eigenvalue weighted by molar-refractivity contribution is 0.0958. The highest BCUT2D eigenvalue weighted by molar-refractivity contribution is 5.91. The Morgan fingerprint density at radius 2 is 2.10 bits per heavy atom. The van der Waals surface area contributed by atoms with Gasteiger partial charge in [-0.15, -0.1) is 0 Å².